The summed E-state index contributed by atoms with van der Waals surface area (Å²) in [6.07, 6.45) is 0. The predicted octanol–water partition coefficient (Wildman–Crippen LogP) is 1.64. The average Bonchev–Trinajstić information content (AvgIpc) is 2.90. The molecule has 0 aliphatic carbocycles. The zero-order chi connectivity index (χ0) is 15.7. The highest BCUT2D eigenvalue weighted by atomic mass is 32.2. The van der Waals surface area contributed by atoms with Crippen molar-refractivity contribution in [2.24, 2.45) is 0 Å². The van der Waals surface area contributed by atoms with Crippen LogP contribution in [0, 0.1) is 22.9 Å². The number of aryl methyl sites for hydroxylation is 1. The maximum atomic E-state index is 14.1. The monoisotopic (exact) mass is 314 g/mol. The average molecular weight is 314 g/mol. The van der Waals surface area contributed by atoms with Crippen molar-refractivity contribution in [1.29, 1.82) is 0 Å². The first-order chi connectivity index (χ1) is 9.82. The highest BCUT2D eigenvalue weighted by Crippen LogP contribution is 2.27. The van der Waals surface area contributed by atoms with Gasteiger partial charge in [0.1, 0.15) is 11.9 Å². The van der Waals surface area contributed by atoms with Gasteiger partial charge in [0.2, 0.25) is 0 Å². The molecule has 21 heavy (non-hydrogen) atoms. The molecular formula is C12H11FN2O5S. The van der Waals surface area contributed by atoms with E-state index in [2.05, 4.69) is 0 Å². The zero-order valence-electron chi connectivity index (χ0n) is 10.9. The summed E-state index contributed by atoms with van der Waals surface area (Å²) in [5.74, 6) is -2.59. The summed E-state index contributed by atoms with van der Waals surface area (Å²) in [6.45, 7) is 1.31. The number of rotatable bonds is 3. The number of carboxylic acids is 1. The van der Waals surface area contributed by atoms with Gasteiger partial charge in [-0.1, -0.05) is 0 Å². The first-order valence-corrected chi connectivity index (χ1v) is 7.04. The molecule has 1 atom stereocenters. The number of aliphatic carboxylic acids is 1. The van der Waals surface area contributed by atoms with Crippen LogP contribution >= 0.6 is 11.8 Å². The van der Waals surface area contributed by atoms with Crippen molar-refractivity contribution in [3.63, 3.8) is 0 Å². The molecular weight excluding hydrogens is 303 g/mol. The van der Waals surface area contributed by atoms with E-state index < -0.39 is 39.9 Å². The Labute approximate surface area is 122 Å². The quantitative estimate of drug-likeness (QED) is 0.672. The van der Waals surface area contributed by atoms with Gasteiger partial charge in [0, 0.05) is 17.9 Å². The van der Waals surface area contributed by atoms with Gasteiger partial charge in [0.05, 0.1) is 16.4 Å². The predicted molar refractivity (Wildman–Crippen MR) is 72.7 cm³/mol. The first-order valence-electron chi connectivity index (χ1n) is 5.89. The number of halogens is 1. The topological polar surface area (TPSA) is 101 Å². The van der Waals surface area contributed by atoms with E-state index in [4.69, 9.17) is 5.11 Å². The molecule has 7 nitrogen and oxygen atoms in total. The molecule has 0 radical (unpaired) electrons. The fourth-order valence-electron chi connectivity index (χ4n) is 2.01. The number of amides is 1. The molecule has 0 saturated carbocycles. The molecule has 1 N–H and O–H groups in total. The van der Waals surface area contributed by atoms with Crippen molar-refractivity contribution < 1.29 is 24.0 Å². The maximum absolute atomic E-state index is 14.1. The molecule has 1 aromatic carbocycles. The van der Waals surface area contributed by atoms with Crippen molar-refractivity contribution in [2.45, 2.75) is 13.0 Å². The molecule has 1 aliphatic rings. The Hall–Kier alpha value is -2.16. The molecule has 1 heterocycles. The Morgan fingerprint density at radius 2 is 2.19 bits per heavy atom. The fourth-order valence-corrected chi connectivity index (χ4v) is 3.16. The number of carbonyl (C=O) groups is 2. The molecule has 1 saturated heterocycles. The molecule has 1 fully saturated rings. The number of non-ortho nitro benzene ring substituents is 1. The van der Waals surface area contributed by atoms with Gasteiger partial charge in [-0.3, -0.25) is 14.9 Å². The third-order valence-electron chi connectivity index (χ3n) is 3.11. The van der Waals surface area contributed by atoms with Crippen LogP contribution in [-0.2, 0) is 4.79 Å². The standard InChI is InChI=1S/C12H11FN2O5S/c1-6-2-7(15(19)20)3-8(10(6)13)11(16)14-5-21-4-9(14)12(17)18/h2-3,9H,4-5H2,1H3,(H,17,18)/t9-/m0/s1. The van der Waals surface area contributed by atoms with Gasteiger partial charge < -0.3 is 10.0 Å². The third kappa shape index (κ3) is 2.82. The number of hydrogen-bond donors (Lipinski definition) is 1. The molecule has 0 aromatic heterocycles. The van der Waals surface area contributed by atoms with Crippen molar-refractivity contribution in [1.82, 2.24) is 4.90 Å². The Morgan fingerprint density at radius 3 is 2.76 bits per heavy atom. The molecule has 1 aliphatic heterocycles. The first kappa shape index (κ1) is 15.2. The van der Waals surface area contributed by atoms with Gasteiger partial charge in [0.15, 0.2) is 0 Å². The van der Waals surface area contributed by atoms with Gasteiger partial charge in [-0.15, -0.1) is 11.8 Å². The summed E-state index contributed by atoms with van der Waals surface area (Å²) in [5, 5.41) is 19.8. The minimum Gasteiger partial charge on any atom is -0.480 e. The Balaban J connectivity index is 2.43. The van der Waals surface area contributed by atoms with Gasteiger partial charge in [-0.2, -0.15) is 0 Å². The zero-order valence-corrected chi connectivity index (χ0v) is 11.7. The lowest BCUT2D eigenvalue weighted by Crippen LogP contribution is -2.42. The number of thioether (sulfide) groups is 1. The summed E-state index contributed by atoms with van der Waals surface area (Å²) in [6, 6.07) is 0.813. The highest BCUT2D eigenvalue weighted by molar-refractivity contribution is 7.99. The van der Waals surface area contributed by atoms with Crippen molar-refractivity contribution in [3.8, 4) is 0 Å². The van der Waals surface area contributed by atoms with Crippen molar-refractivity contribution >= 4 is 29.3 Å². The molecule has 9 heteroatoms. The molecule has 0 bridgehead atoms. The molecule has 0 spiro atoms. The second kappa shape index (κ2) is 5.68. The van der Waals surface area contributed by atoms with Crippen LogP contribution in [0.5, 0.6) is 0 Å². The molecule has 1 aromatic rings. The highest BCUT2D eigenvalue weighted by Gasteiger charge is 2.36. The van der Waals surface area contributed by atoms with E-state index in [1.165, 1.54) is 18.7 Å². The van der Waals surface area contributed by atoms with Gasteiger partial charge in [0.25, 0.3) is 11.6 Å². The molecule has 2 rings (SSSR count). The van der Waals surface area contributed by atoms with Crippen LogP contribution in [0.25, 0.3) is 0 Å². The summed E-state index contributed by atoms with van der Waals surface area (Å²) in [5.41, 5.74) is -0.919. The van der Waals surface area contributed by atoms with Crippen molar-refractivity contribution in [2.75, 3.05) is 11.6 Å². The van der Waals surface area contributed by atoms with E-state index in [-0.39, 0.29) is 17.2 Å². The van der Waals surface area contributed by atoms with Crippen LogP contribution in [0.3, 0.4) is 0 Å². The van der Waals surface area contributed by atoms with Crippen LogP contribution in [0.2, 0.25) is 0 Å². The molecule has 1 amide bonds. The number of carboxylic acid groups (broad SMARTS) is 1. The number of nitro groups is 1. The smallest absolute Gasteiger partial charge is 0.327 e. The van der Waals surface area contributed by atoms with Crippen LogP contribution in [0.1, 0.15) is 15.9 Å². The lowest BCUT2D eigenvalue weighted by molar-refractivity contribution is -0.385. The van der Waals surface area contributed by atoms with Gasteiger partial charge >= 0.3 is 5.97 Å². The van der Waals surface area contributed by atoms with Crippen LogP contribution in [-0.4, -0.2) is 44.5 Å². The van der Waals surface area contributed by atoms with Crippen LogP contribution < -0.4 is 0 Å². The second-order valence-electron chi connectivity index (χ2n) is 4.51. The van der Waals surface area contributed by atoms with E-state index in [1.807, 2.05) is 0 Å². The minimum absolute atomic E-state index is 0.0359. The number of carbonyl (C=O) groups excluding carboxylic acids is 1. The lowest BCUT2D eigenvalue weighted by atomic mass is 10.1. The SMILES string of the molecule is Cc1cc([N+](=O)[O-])cc(C(=O)N2CSC[C@H]2C(=O)O)c1F. The van der Waals surface area contributed by atoms with Gasteiger partial charge in [-0.25, -0.2) is 9.18 Å². The fraction of sp³-hybridized carbons (Fsp3) is 0.333. The normalized spacial score (nSPS) is 17.8. The Bertz CT molecular complexity index is 636. The largest absolute Gasteiger partial charge is 0.480 e. The Kier molecular flexibility index (Phi) is 4.12. The van der Waals surface area contributed by atoms with E-state index in [9.17, 15) is 24.1 Å². The maximum Gasteiger partial charge on any atom is 0.327 e. The summed E-state index contributed by atoms with van der Waals surface area (Å²) in [4.78, 5) is 34.4. The summed E-state index contributed by atoms with van der Waals surface area (Å²) in [7, 11) is 0. The number of nitro benzene ring substituents is 1. The van der Waals surface area contributed by atoms with E-state index >= 15 is 0 Å². The van der Waals surface area contributed by atoms with Crippen LogP contribution in [0.4, 0.5) is 10.1 Å². The summed E-state index contributed by atoms with van der Waals surface area (Å²) < 4.78 is 14.1. The van der Waals surface area contributed by atoms with Crippen LogP contribution in [0.15, 0.2) is 12.1 Å². The Morgan fingerprint density at radius 1 is 1.52 bits per heavy atom. The number of nitrogens with zero attached hydrogens (tertiary/aromatic N) is 2. The number of hydrogen-bond acceptors (Lipinski definition) is 5. The lowest BCUT2D eigenvalue weighted by Gasteiger charge is -2.20. The number of benzene rings is 1. The van der Waals surface area contributed by atoms with E-state index in [1.54, 1.807) is 0 Å². The van der Waals surface area contributed by atoms with E-state index in [0.717, 1.165) is 17.0 Å². The summed E-state index contributed by atoms with van der Waals surface area (Å²) >= 11 is 1.23. The second-order valence-corrected chi connectivity index (χ2v) is 5.51. The van der Waals surface area contributed by atoms with Crippen molar-refractivity contribution in [3.05, 3.63) is 39.2 Å². The van der Waals surface area contributed by atoms with E-state index in [0.29, 0.717) is 0 Å². The van der Waals surface area contributed by atoms with Gasteiger partial charge in [-0.05, 0) is 12.5 Å². The third-order valence-corrected chi connectivity index (χ3v) is 4.12. The molecule has 0 unspecified atom stereocenters. The molecule has 112 valence electrons. The minimum atomic E-state index is -1.18.